The van der Waals surface area contributed by atoms with Crippen LogP contribution in [0.4, 0.5) is 0 Å². The van der Waals surface area contributed by atoms with Gasteiger partial charge in [-0.1, -0.05) is 30.3 Å². The summed E-state index contributed by atoms with van der Waals surface area (Å²) in [5.74, 6) is 1.09. The molecule has 0 aromatic heterocycles. The minimum Gasteiger partial charge on any atom is -0.493 e. The van der Waals surface area contributed by atoms with Crippen LogP contribution in [0.1, 0.15) is 23.1 Å². The van der Waals surface area contributed by atoms with Crippen LogP contribution < -0.4 is 10.1 Å². The number of benzene rings is 2. The van der Waals surface area contributed by atoms with Crippen molar-refractivity contribution in [2.75, 3.05) is 13.7 Å². The van der Waals surface area contributed by atoms with Crippen molar-refractivity contribution in [2.24, 2.45) is 0 Å². The first-order valence-electron chi connectivity index (χ1n) is 7.29. The fraction of sp³-hybridized carbons (Fsp3) is 0.333. The molecule has 1 N–H and O–H groups in total. The fourth-order valence-electron chi connectivity index (χ4n) is 2.87. The first-order chi connectivity index (χ1) is 9.79. The van der Waals surface area contributed by atoms with Crippen LogP contribution in [0.3, 0.4) is 0 Å². The quantitative estimate of drug-likeness (QED) is 0.915. The Balaban J connectivity index is 2.11. The summed E-state index contributed by atoms with van der Waals surface area (Å²) in [5.41, 5.74) is 6.47. The third-order valence-corrected chi connectivity index (χ3v) is 3.91. The Bertz CT molecular complexity index is 619. The molecule has 0 bridgehead atoms. The fourth-order valence-corrected chi connectivity index (χ4v) is 2.87. The molecule has 0 aliphatic carbocycles. The molecule has 0 saturated carbocycles. The van der Waals surface area contributed by atoms with Gasteiger partial charge in [0.2, 0.25) is 0 Å². The number of hydrogen-bond donors (Lipinski definition) is 1. The van der Waals surface area contributed by atoms with Crippen LogP contribution >= 0.6 is 0 Å². The highest BCUT2D eigenvalue weighted by atomic mass is 16.5. The Morgan fingerprint density at radius 3 is 2.90 bits per heavy atom. The number of hydrogen-bond acceptors (Lipinski definition) is 2. The normalized spacial score (nSPS) is 13.7. The second-order valence-corrected chi connectivity index (χ2v) is 5.43. The summed E-state index contributed by atoms with van der Waals surface area (Å²) in [5, 5.41) is 3.21. The predicted octanol–water partition coefficient (Wildman–Crippen LogP) is 3.71. The van der Waals surface area contributed by atoms with E-state index in [1.807, 2.05) is 7.05 Å². The molecular weight excluding hydrogens is 246 g/mol. The van der Waals surface area contributed by atoms with Gasteiger partial charge in [0.05, 0.1) is 6.61 Å². The molecule has 2 nitrogen and oxygen atoms in total. The maximum atomic E-state index is 5.95. The van der Waals surface area contributed by atoms with E-state index >= 15 is 0 Å². The number of rotatable bonds is 3. The maximum Gasteiger partial charge on any atom is 0.130 e. The average molecular weight is 267 g/mol. The minimum atomic E-state index is 0.833. The Hall–Kier alpha value is -1.80. The number of para-hydroxylation sites is 1. The molecule has 104 valence electrons. The maximum absolute atomic E-state index is 5.95. The van der Waals surface area contributed by atoms with Gasteiger partial charge in [0.15, 0.2) is 0 Å². The molecule has 0 unspecified atom stereocenters. The van der Waals surface area contributed by atoms with E-state index in [9.17, 15) is 0 Å². The summed E-state index contributed by atoms with van der Waals surface area (Å²) in [7, 11) is 1.98. The van der Waals surface area contributed by atoms with E-state index in [4.69, 9.17) is 4.74 Å². The monoisotopic (exact) mass is 267 g/mol. The second-order valence-electron chi connectivity index (χ2n) is 5.43. The molecule has 0 saturated heterocycles. The molecule has 0 atom stereocenters. The molecule has 0 amide bonds. The lowest BCUT2D eigenvalue weighted by atomic mass is 9.93. The van der Waals surface area contributed by atoms with Crippen molar-refractivity contribution < 1.29 is 4.74 Å². The minimum absolute atomic E-state index is 0.833. The molecule has 0 spiro atoms. The van der Waals surface area contributed by atoms with E-state index in [1.165, 1.54) is 27.8 Å². The van der Waals surface area contributed by atoms with Gasteiger partial charge in [-0.15, -0.1) is 0 Å². The van der Waals surface area contributed by atoms with Gasteiger partial charge in [-0.05, 0) is 55.1 Å². The van der Waals surface area contributed by atoms with Crippen LogP contribution in [0.2, 0.25) is 0 Å². The van der Waals surface area contributed by atoms with E-state index in [1.54, 1.807) is 0 Å². The second kappa shape index (κ2) is 5.68. The molecule has 1 aliphatic rings. The lowest BCUT2D eigenvalue weighted by Crippen LogP contribution is -2.09. The van der Waals surface area contributed by atoms with E-state index in [2.05, 4.69) is 48.6 Å². The molecule has 2 aromatic rings. The summed E-state index contributed by atoms with van der Waals surface area (Å²) in [6, 6.07) is 13.2. The zero-order valence-electron chi connectivity index (χ0n) is 12.2. The van der Waals surface area contributed by atoms with E-state index in [0.717, 1.165) is 31.7 Å². The van der Waals surface area contributed by atoms with Crippen LogP contribution in [0.15, 0.2) is 36.4 Å². The van der Waals surface area contributed by atoms with Crippen LogP contribution in [-0.2, 0) is 13.0 Å². The zero-order chi connectivity index (χ0) is 13.9. The Kier molecular flexibility index (Phi) is 3.75. The average Bonchev–Trinajstić information content (AvgIpc) is 2.49. The lowest BCUT2D eigenvalue weighted by molar-refractivity contribution is 0.289. The molecule has 20 heavy (non-hydrogen) atoms. The Morgan fingerprint density at radius 1 is 1.15 bits per heavy atom. The van der Waals surface area contributed by atoms with Crippen LogP contribution in [0.25, 0.3) is 11.1 Å². The highest BCUT2D eigenvalue weighted by Crippen LogP contribution is 2.37. The molecule has 0 fully saturated rings. The first-order valence-corrected chi connectivity index (χ1v) is 7.29. The van der Waals surface area contributed by atoms with Crippen molar-refractivity contribution >= 4 is 0 Å². The van der Waals surface area contributed by atoms with Crippen molar-refractivity contribution in [1.29, 1.82) is 0 Å². The van der Waals surface area contributed by atoms with Gasteiger partial charge < -0.3 is 10.1 Å². The van der Waals surface area contributed by atoms with Gasteiger partial charge in [0, 0.05) is 12.1 Å². The third-order valence-electron chi connectivity index (χ3n) is 3.91. The molecule has 1 aliphatic heterocycles. The van der Waals surface area contributed by atoms with Gasteiger partial charge in [-0.25, -0.2) is 0 Å². The van der Waals surface area contributed by atoms with Crippen molar-refractivity contribution in [2.45, 2.75) is 26.3 Å². The van der Waals surface area contributed by atoms with Gasteiger partial charge in [0.25, 0.3) is 0 Å². The smallest absolute Gasteiger partial charge is 0.130 e. The van der Waals surface area contributed by atoms with Crippen LogP contribution in [0.5, 0.6) is 5.75 Å². The largest absolute Gasteiger partial charge is 0.493 e. The van der Waals surface area contributed by atoms with Crippen molar-refractivity contribution in [3.63, 3.8) is 0 Å². The summed E-state index contributed by atoms with van der Waals surface area (Å²) < 4.78 is 5.95. The van der Waals surface area contributed by atoms with Crippen molar-refractivity contribution in [3.8, 4) is 16.9 Å². The highest BCUT2D eigenvalue weighted by molar-refractivity contribution is 5.75. The van der Waals surface area contributed by atoms with Gasteiger partial charge >= 0.3 is 0 Å². The van der Waals surface area contributed by atoms with Crippen LogP contribution in [0, 0.1) is 6.92 Å². The Morgan fingerprint density at radius 2 is 2.05 bits per heavy atom. The molecule has 1 heterocycles. The van der Waals surface area contributed by atoms with Crippen LogP contribution in [-0.4, -0.2) is 13.7 Å². The summed E-state index contributed by atoms with van der Waals surface area (Å²) >= 11 is 0. The van der Waals surface area contributed by atoms with E-state index in [0.29, 0.717) is 0 Å². The van der Waals surface area contributed by atoms with Gasteiger partial charge in [-0.2, -0.15) is 0 Å². The van der Waals surface area contributed by atoms with Crippen molar-refractivity contribution in [3.05, 3.63) is 53.1 Å². The molecule has 2 heteroatoms. The van der Waals surface area contributed by atoms with E-state index in [-0.39, 0.29) is 0 Å². The highest BCUT2D eigenvalue weighted by Gasteiger charge is 2.16. The summed E-state index contributed by atoms with van der Waals surface area (Å²) in [4.78, 5) is 0. The number of nitrogens with one attached hydrogen (secondary N) is 1. The summed E-state index contributed by atoms with van der Waals surface area (Å²) in [6.07, 6.45) is 2.24. The topological polar surface area (TPSA) is 21.3 Å². The zero-order valence-corrected chi connectivity index (χ0v) is 12.2. The standard InChI is InChI=1S/C18H21NO/c1-13-8-9-14(12-19-2)11-17(13)16-7-3-5-15-6-4-10-20-18(15)16/h3,5,7-9,11,19H,4,6,10,12H2,1-2H3. The van der Waals surface area contributed by atoms with Gasteiger partial charge in [-0.3, -0.25) is 0 Å². The van der Waals surface area contributed by atoms with Gasteiger partial charge in [0.1, 0.15) is 5.75 Å². The molecular formula is C18H21NO. The lowest BCUT2D eigenvalue weighted by Gasteiger charge is -2.21. The molecule has 0 radical (unpaired) electrons. The number of fused-ring (bicyclic) bond motifs is 1. The number of aryl methyl sites for hydroxylation is 2. The Labute approximate surface area is 120 Å². The van der Waals surface area contributed by atoms with Crippen molar-refractivity contribution in [1.82, 2.24) is 5.32 Å². The predicted molar refractivity (Wildman–Crippen MR) is 83.2 cm³/mol. The first kappa shape index (κ1) is 13.2. The summed E-state index contributed by atoms with van der Waals surface area (Å²) in [6.45, 7) is 3.89. The SMILES string of the molecule is CNCc1ccc(C)c(-c2cccc3c2OCCC3)c1. The third kappa shape index (κ3) is 2.44. The molecule has 3 rings (SSSR count). The molecule has 2 aromatic carbocycles. The number of ether oxygens (including phenoxy) is 1. The van der Waals surface area contributed by atoms with E-state index < -0.39 is 0 Å².